The Morgan fingerprint density at radius 1 is 0.763 bits per heavy atom. The molecule has 0 aliphatic heterocycles. The molecule has 0 bridgehead atoms. The molecule has 0 aliphatic rings. The van der Waals surface area contributed by atoms with Gasteiger partial charge in [-0.2, -0.15) is 16.8 Å². The molecule has 9 nitrogen and oxygen atoms in total. The summed E-state index contributed by atoms with van der Waals surface area (Å²) in [6, 6.07) is 28.6. The Bertz CT molecular complexity index is 1230. The van der Waals surface area contributed by atoms with Gasteiger partial charge in [0.15, 0.2) is 0 Å². The predicted octanol–water partition coefficient (Wildman–Crippen LogP) is 3.00. The van der Waals surface area contributed by atoms with Gasteiger partial charge in [0, 0.05) is 6.42 Å². The van der Waals surface area contributed by atoms with Gasteiger partial charge in [-0.1, -0.05) is 91.0 Å². The first-order valence-electron chi connectivity index (χ1n) is 11.9. The summed E-state index contributed by atoms with van der Waals surface area (Å²) < 4.78 is 71.5. The van der Waals surface area contributed by atoms with Crippen molar-refractivity contribution in [3.63, 3.8) is 0 Å². The van der Waals surface area contributed by atoms with Crippen molar-refractivity contribution in [1.82, 2.24) is 0 Å². The molecule has 11 heteroatoms. The standard InChI is InChI=1S/C27H32O9S2/c1-37(29,30)36-18-17-34-26(19-25(28)21-38(31,32)33)20-35-27(22-11-5-2-6-12-22,23-13-7-3-8-14-23)24-15-9-4-10-16-24/h2-16,25-26,28H,17-21H2,1H3,(H,31,32,33). The molecular weight excluding hydrogens is 532 g/mol. The third-order valence-electron chi connectivity index (χ3n) is 5.70. The summed E-state index contributed by atoms with van der Waals surface area (Å²) in [5.74, 6) is -0.881. The molecule has 2 N–H and O–H groups in total. The number of hydrogen-bond donors (Lipinski definition) is 2. The highest BCUT2D eigenvalue weighted by atomic mass is 32.2. The van der Waals surface area contributed by atoms with Crippen LogP contribution in [0.15, 0.2) is 91.0 Å². The molecule has 3 aromatic rings. The second-order valence-electron chi connectivity index (χ2n) is 8.75. The number of aliphatic hydroxyl groups is 1. The summed E-state index contributed by atoms with van der Waals surface area (Å²) in [5, 5.41) is 10.3. The van der Waals surface area contributed by atoms with E-state index in [0.29, 0.717) is 0 Å². The molecule has 0 saturated heterocycles. The van der Waals surface area contributed by atoms with Gasteiger partial charge >= 0.3 is 0 Å². The van der Waals surface area contributed by atoms with Gasteiger partial charge in [0.2, 0.25) is 0 Å². The predicted molar refractivity (Wildman–Crippen MR) is 143 cm³/mol. The van der Waals surface area contributed by atoms with Crippen LogP contribution in [0.3, 0.4) is 0 Å². The molecule has 3 rings (SSSR count). The maximum absolute atomic E-state index is 11.3. The molecular formula is C27H32O9S2. The Morgan fingerprint density at radius 3 is 1.61 bits per heavy atom. The van der Waals surface area contributed by atoms with E-state index in [1.54, 1.807) is 0 Å². The zero-order chi connectivity index (χ0) is 27.7. The Morgan fingerprint density at radius 2 is 1.21 bits per heavy atom. The van der Waals surface area contributed by atoms with E-state index in [1.807, 2.05) is 91.0 Å². The zero-order valence-corrected chi connectivity index (χ0v) is 22.6. The molecule has 0 radical (unpaired) electrons. The fourth-order valence-electron chi connectivity index (χ4n) is 4.19. The van der Waals surface area contributed by atoms with Gasteiger partial charge in [0.25, 0.3) is 20.2 Å². The van der Waals surface area contributed by atoms with E-state index in [4.69, 9.17) is 18.2 Å². The highest BCUT2D eigenvalue weighted by Gasteiger charge is 2.38. The molecule has 0 amide bonds. The van der Waals surface area contributed by atoms with Crippen molar-refractivity contribution in [2.75, 3.05) is 31.8 Å². The smallest absolute Gasteiger partial charge is 0.267 e. The third kappa shape index (κ3) is 8.98. The third-order valence-corrected chi connectivity index (χ3v) is 7.10. The number of benzene rings is 3. The fourth-order valence-corrected chi connectivity index (χ4v) is 5.18. The van der Waals surface area contributed by atoms with Crippen molar-refractivity contribution < 1.29 is 40.2 Å². The first-order chi connectivity index (χ1) is 18.0. The lowest BCUT2D eigenvalue weighted by atomic mass is 9.80. The summed E-state index contributed by atoms with van der Waals surface area (Å²) in [5.41, 5.74) is 1.39. The van der Waals surface area contributed by atoms with E-state index in [0.717, 1.165) is 22.9 Å². The number of aliphatic hydroxyl groups excluding tert-OH is 1. The van der Waals surface area contributed by atoms with Gasteiger partial charge in [0.1, 0.15) is 11.4 Å². The Kier molecular flexibility index (Phi) is 10.6. The van der Waals surface area contributed by atoms with Gasteiger partial charge in [-0.05, 0) is 16.7 Å². The largest absolute Gasteiger partial charge is 0.392 e. The highest BCUT2D eigenvalue weighted by molar-refractivity contribution is 7.86. The lowest BCUT2D eigenvalue weighted by Crippen LogP contribution is -2.38. The first kappa shape index (κ1) is 29.9. The number of hydrogen-bond acceptors (Lipinski definition) is 8. The molecule has 206 valence electrons. The Labute approximate surface area is 223 Å². The van der Waals surface area contributed by atoms with E-state index in [2.05, 4.69) is 0 Å². The zero-order valence-electron chi connectivity index (χ0n) is 20.9. The van der Waals surface area contributed by atoms with E-state index in [-0.39, 0.29) is 26.2 Å². The van der Waals surface area contributed by atoms with Gasteiger partial charge in [-0.25, -0.2) is 0 Å². The average molecular weight is 565 g/mol. The molecule has 0 aliphatic carbocycles. The van der Waals surface area contributed by atoms with E-state index >= 15 is 0 Å². The summed E-state index contributed by atoms with van der Waals surface area (Å²) in [7, 11) is -8.12. The Balaban J connectivity index is 1.96. The maximum atomic E-state index is 11.3. The van der Waals surface area contributed by atoms with Crippen LogP contribution in [-0.4, -0.2) is 70.5 Å². The van der Waals surface area contributed by atoms with Crippen LogP contribution in [-0.2, 0) is 39.5 Å². The quantitative estimate of drug-likeness (QED) is 0.124. The van der Waals surface area contributed by atoms with Crippen LogP contribution in [0.2, 0.25) is 0 Å². The molecule has 0 aromatic heterocycles. The SMILES string of the molecule is CS(=O)(=O)OCCOC(COC(c1ccccc1)(c1ccccc1)c1ccccc1)CC(O)CS(=O)(=O)O. The molecule has 2 atom stereocenters. The topological polar surface area (TPSA) is 136 Å². The van der Waals surface area contributed by atoms with Crippen LogP contribution in [0.25, 0.3) is 0 Å². The van der Waals surface area contributed by atoms with Crippen molar-refractivity contribution in [3.8, 4) is 0 Å². The molecule has 3 aromatic carbocycles. The van der Waals surface area contributed by atoms with Gasteiger partial charge in [-0.15, -0.1) is 0 Å². The summed E-state index contributed by atoms with van der Waals surface area (Å²) in [4.78, 5) is 0. The Hall–Kier alpha value is -2.64. The molecule has 2 unspecified atom stereocenters. The first-order valence-corrected chi connectivity index (χ1v) is 15.3. The lowest BCUT2D eigenvalue weighted by Gasteiger charge is -2.37. The van der Waals surface area contributed by atoms with Gasteiger partial charge in [0.05, 0.1) is 38.3 Å². The summed E-state index contributed by atoms with van der Waals surface area (Å²) >= 11 is 0. The lowest BCUT2D eigenvalue weighted by molar-refractivity contribution is -0.0804. The average Bonchev–Trinajstić information content (AvgIpc) is 2.87. The van der Waals surface area contributed by atoms with Crippen LogP contribution < -0.4 is 0 Å². The van der Waals surface area contributed by atoms with E-state index < -0.39 is 43.8 Å². The van der Waals surface area contributed by atoms with Crippen molar-refractivity contribution in [3.05, 3.63) is 108 Å². The van der Waals surface area contributed by atoms with E-state index in [9.17, 15) is 21.9 Å². The number of ether oxygens (including phenoxy) is 2. The van der Waals surface area contributed by atoms with Crippen molar-refractivity contribution in [2.45, 2.75) is 24.2 Å². The molecule has 0 fully saturated rings. The molecule has 38 heavy (non-hydrogen) atoms. The fraction of sp³-hybridized carbons (Fsp3) is 0.333. The van der Waals surface area contributed by atoms with E-state index in [1.165, 1.54) is 0 Å². The monoisotopic (exact) mass is 564 g/mol. The van der Waals surface area contributed by atoms with Crippen molar-refractivity contribution in [1.29, 1.82) is 0 Å². The second kappa shape index (κ2) is 13.4. The van der Waals surface area contributed by atoms with Gasteiger partial charge in [-0.3, -0.25) is 8.74 Å². The van der Waals surface area contributed by atoms with Gasteiger partial charge < -0.3 is 14.6 Å². The highest BCUT2D eigenvalue weighted by Crippen LogP contribution is 2.40. The minimum absolute atomic E-state index is 0.111. The van der Waals surface area contributed by atoms with Crippen LogP contribution in [0.5, 0.6) is 0 Å². The van der Waals surface area contributed by atoms with Crippen LogP contribution in [0.1, 0.15) is 23.1 Å². The molecule has 0 spiro atoms. The minimum Gasteiger partial charge on any atom is -0.392 e. The minimum atomic E-state index is -4.44. The van der Waals surface area contributed by atoms with Crippen molar-refractivity contribution in [2.24, 2.45) is 0 Å². The van der Waals surface area contributed by atoms with Crippen LogP contribution >= 0.6 is 0 Å². The van der Waals surface area contributed by atoms with Crippen LogP contribution in [0.4, 0.5) is 0 Å². The number of rotatable bonds is 15. The normalized spacial score (nSPS) is 14.2. The second-order valence-corrected chi connectivity index (χ2v) is 11.9. The van der Waals surface area contributed by atoms with Crippen molar-refractivity contribution >= 4 is 20.2 Å². The summed E-state index contributed by atoms with van der Waals surface area (Å²) in [6.45, 7) is -0.542. The molecule has 0 saturated carbocycles. The maximum Gasteiger partial charge on any atom is 0.267 e. The summed E-state index contributed by atoms with van der Waals surface area (Å²) in [6.07, 6.45) is -1.61. The van der Waals surface area contributed by atoms with Crippen LogP contribution in [0, 0.1) is 0 Å². The molecule has 0 heterocycles.